The van der Waals surface area contributed by atoms with Gasteiger partial charge in [-0.3, -0.25) is 9.59 Å². The molecule has 0 radical (unpaired) electrons. The van der Waals surface area contributed by atoms with Gasteiger partial charge in [0.1, 0.15) is 0 Å². The highest BCUT2D eigenvalue weighted by atomic mass is 32.2. The second kappa shape index (κ2) is 7.40. The molecule has 1 fully saturated rings. The van der Waals surface area contributed by atoms with Crippen LogP contribution in [0.15, 0.2) is 46.2 Å². The number of aromatic amines is 1. The average Bonchev–Trinajstić information content (AvgIpc) is 2.64. The normalized spacial score (nSPS) is 15.6. The van der Waals surface area contributed by atoms with Crippen LogP contribution in [0.1, 0.15) is 15.9 Å². The number of anilines is 1. The summed E-state index contributed by atoms with van der Waals surface area (Å²) < 4.78 is 32.1. The number of benzene rings is 1. The first kappa shape index (κ1) is 18.3. The molecule has 1 amide bonds. The van der Waals surface area contributed by atoms with E-state index in [2.05, 4.69) is 10.3 Å². The van der Waals surface area contributed by atoms with Gasteiger partial charge in [-0.05, 0) is 30.7 Å². The van der Waals surface area contributed by atoms with Gasteiger partial charge in [-0.25, -0.2) is 8.42 Å². The van der Waals surface area contributed by atoms with Gasteiger partial charge in [-0.15, -0.1) is 0 Å². The molecule has 8 nitrogen and oxygen atoms in total. The number of rotatable bonds is 4. The number of carbonyl (C=O) groups is 1. The molecule has 1 aliphatic heterocycles. The highest BCUT2D eigenvalue weighted by Gasteiger charge is 2.26. The quantitative estimate of drug-likeness (QED) is 0.825. The Morgan fingerprint density at radius 1 is 1.19 bits per heavy atom. The fourth-order valence-electron chi connectivity index (χ4n) is 2.58. The number of amides is 1. The van der Waals surface area contributed by atoms with Crippen LogP contribution in [0.4, 0.5) is 5.69 Å². The number of hydrogen-bond acceptors (Lipinski definition) is 5. The lowest BCUT2D eigenvalue weighted by atomic mass is 10.2. The van der Waals surface area contributed by atoms with Gasteiger partial charge in [0.2, 0.25) is 15.6 Å². The van der Waals surface area contributed by atoms with Crippen molar-refractivity contribution in [3.05, 3.63) is 58.0 Å². The van der Waals surface area contributed by atoms with Crippen molar-refractivity contribution in [1.82, 2.24) is 9.29 Å². The average molecular weight is 377 g/mol. The number of hydrogen-bond donors (Lipinski definition) is 2. The van der Waals surface area contributed by atoms with Gasteiger partial charge in [-0.2, -0.15) is 4.31 Å². The molecule has 1 saturated heterocycles. The third-order valence-electron chi connectivity index (χ3n) is 4.11. The number of morpholine rings is 1. The smallest absolute Gasteiger partial charge is 0.257 e. The summed E-state index contributed by atoms with van der Waals surface area (Å²) in [5.74, 6) is -0.440. The van der Waals surface area contributed by atoms with Crippen LogP contribution in [-0.4, -0.2) is 49.9 Å². The highest BCUT2D eigenvalue weighted by molar-refractivity contribution is 7.89. The van der Waals surface area contributed by atoms with Crippen molar-refractivity contribution in [2.75, 3.05) is 31.6 Å². The summed E-state index contributed by atoms with van der Waals surface area (Å²) in [6, 6.07) is 7.27. The van der Waals surface area contributed by atoms with Gasteiger partial charge in [-0.1, -0.05) is 6.07 Å². The zero-order chi connectivity index (χ0) is 18.7. The van der Waals surface area contributed by atoms with E-state index in [1.807, 2.05) is 0 Å². The maximum atomic E-state index is 12.8. The van der Waals surface area contributed by atoms with Gasteiger partial charge < -0.3 is 15.0 Å². The number of nitrogens with one attached hydrogen (secondary N) is 2. The van der Waals surface area contributed by atoms with E-state index in [-0.39, 0.29) is 16.0 Å². The van der Waals surface area contributed by atoms with E-state index < -0.39 is 15.9 Å². The molecular formula is C17H19N3O5S. The maximum Gasteiger partial charge on any atom is 0.257 e. The summed E-state index contributed by atoms with van der Waals surface area (Å²) in [5.41, 5.74) is 1.08. The first-order valence-corrected chi connectivity index (χ1v) is 9.50. The van der Waals surface area contributed by atoms with E-state index >= 15 is 0 Å². The Hall–Kier alpha value is -2.49. The molecule has 3 rings (SSSR count). The van der Waals surface area contributed by atoms with Crippen LogP contribution >= 0.6 is 0 Å². The van der Waals surface area contributed by atoms with Crippen LogP contribution < -0.4 is 10.9 Å². The highest BCUT2D eigenvalue weighted by Crippen LogP contribution is 2.24. The first-order chi connectivity index (χ1) is 12.4. The van der Waals surface area contributed by atoms with Crippen molar-refractivity contribution >= 4 is 21.6 Å². The van der Waals surface area contributed by atoms with E-state index in [1.165, 1.54) is 34.8 Å². The molecule has 0 atom stereocenters. The number of ether oxygens (including phenoxy) is 1. The van der Waals surface area contributed by atoms with Crippen LogP contribution in [-0.2, 0) is 14.8 Å². The Morgan fingerprint density at radius 3 is 2.58 bits per heavy atom. The van der Waals surface area contributed by atoms with Gasteiger partial charge in [0.05, 0.1) is 23.7 Å². The fraction of sp³-hybridized carbons (Fsp3) is 0.294. The van der Waals surface area contributed by atoms with E-state index in [0.717, 1.165) is 5.56 Å². The van der Waals surface area contributed by atoms with Crippen molar-refractivity contribution in [1.29, 1.82) is 0 Å². The van der Waals surface area contributed by atoms with E-state index in [0.29, 0.717) is 32.0 Å². The minimum atomic E-state index is -3.65. The van der Waals surface area contributed by atoms with Crippen LogP contribution in [0.25, 0.3) is 0 Å². The molecule has 138 valence electrons. The second-order valence-electron chi connectivity index (χ2n) is 5.89. The van der Waals surface area contributed by atoms with E-state index in [9.17, 15) is 18.0 Å². The van der Waals surface area contributed by atoms with E-state index in [1.54, 1.807) is 13.0 Å². The van der Waals surface area contributed by atoms with Crippen molar-refractivity contribution in [3.63, 3.8) is 0 Å². The SMILES string of the molecule is Cc1ccc(S(=O)(=O)N2CCOCC2)cc1NC(=O)c1ccc(=O)[nH]c1. The molecule has 0 aliphatic carbocycles. The summed E-state index contributed by atoms with van der Waals surface area (Å²) in [7, 11) is -3.65. The number of aromatic nitrogens is 1. The number of nitrogens with zero attached hydrogens (tertiary/aromatic N) is 1. The third kappa shape index (κ3) is 3.85. The Morgan fingerprint density at radius 2 is 1.92 bits per heavy atom. The molecular weight excluding hydrogens is 358 g/mol. The number of sulfonamides is 1. The Labute approximate surface area is 150 Å². The Balaban J connectivity index is 1.86. The van der Waals surface area contributed by atoms with Crippen LogP contribution in [0, 0.1) is 6.92 Å². The predicted octanol–water partition coefficient (Wildman–Crippen LogP) is 0.957. The van der Waals surface area contributed by atoms with Crippen molar-refractivity contribution in [2.24, 2.45) is 0 Å². The Kier molecular flexibility index (Phi) is 5.21. The fourth-order valence-corrected chi connectivity index (χ4v) is 4.01. The van der Waals surface area contributed by atoms with Crippen molar-refractivity contribution in [2.45, 2.75) is 11.8 Å². The van der Waals surface area contributed by atoms with Crippen molar-refractivity contribution in [3.8, 4) is 0 Å². The summed E-state index contributed by atoms with van der Waals surface area (Å²) in [6.45, 7) is 3.10. The number of H-pyrrole nitrogens is 1. The lowest BCUT2D eigenvalue weighted by Crippen LogP contribution is -2.40. The largest absolute Gasteiger partial charge is 0.379 e. The molecule has 2 N–H and O–H groups in total. The second-order valence-corrected chi connectivity index (χ2v) is 7.83. The molecule has 1 aromatic carbocycles. The molecule has 0 bridgehead atoms. The van der Waals surface area contributed by atoms with Gasteiger partial charge in [0.15, 0.2) is 0 Å². The summed E-state index contributed by atoms with van der Waals surface area (Å²) >= 11 is 0. The first-order valence-electron chi connectivity index (χ1n) is 8.06. The number of carbonyl (C=O) groups excluding carboxylic acids is 1. The number of pyridine rings is 1. The predicted molar refractivity (Wildman–Crippen MR) is 95.8 cm³/mol. The maximum absolute atomic E-state index is 12.8. The summed E-state index contributed by atoms with van der Waals surface area (Å²) in [6.07, 6.45) is 1.31. The van der Waals surface area contributed by atoms with Crippen LogP contribution in [0.2, 0.25) is 0 Å². The van der Waals surface area contributed by atoms with Gasteiger partial charge in [0, 0.05) is 31.0 Å². The lowest BCUT2D eigenvalue weighted by molar-refractivity contribution is 0.0730. The molecule has 2 heterocycles. The monoisotopic (exact) mass is 377 g/mol. The number of aryl methyl sites for hydroxylation is 1. The molecule has 2 aromatic rings. The molecule has 26 heavy (non-hydrogen) atoms. The molecule has 9 heteroatoms. The molecule has 0 unspecified atom stereocenters. The van der Waals surface area contributed by atoms with Crippen LogP contribution in [0.5, 0.6) is 0 Å². The zero-order valence-electron chi connectivity index (χ0n) is 14.2. The standard InChI is InChI=1S/C17H19N3O5S/c1-12-2-4-14(26(23,24)20-6-8-25-9-7-20)10-15(12)19-17(22)13-3-5-16(21)18-11-13/h2-5,10-11H,6-9H2,1H3,(H,18,21)(H,19,22). The summed E-state index contributed by atoms with van der Waals surface area (Å²) in [5, 5.41) is 2.69. The molecule has 1 aliphatic rings. The van der Waals surface area contributed by atoms with Crippen molar-refractivity contribution < 1.29 is 17.9 Å². The van der Waals surface area contributed by atoms with E-state index in [4.69, 9.17) is 4.74 Å². The van der Waals surface area contributed by atoms with Gasteiger partial charge in [0.25, 0.3) is 5.91 Å². The third-order valence-corrected chi connectivity index (χ3v) is 6.01. The minimum Gasteiger partial charge on any atom is -0.379 e. The lowest BCUT2D eigenvalue weighted by Gasteiger charge is -2.26. The topological polar surface area (TPSA) is 109 Å². The molecule has 0 saturated carbocycles. The summed E-state index contributed by atoms with van der Waals surface area (Å²) in [4.78, 5) is 26.0. The Bertz CT molecular complexity index is 958. The van der Waals surface area contributed by atoms with Crippen LogP contribution in [0.3, 0.4) is 0 Å². The molecule has 0 spiro atoms. The van der Waals surface area contributed by atoms with Gasteiger partial charge >= 0.3 is 0 Å². The zero-order valence-corrected chi connectivity index (χ0v) is 15.0. The molecule has 1 aromatic heterocycles. The minimum absolute atomic E-state index is 0.113.